The summed E-state index contributed by atoms with van der Waals surface area (Å²) in [6.45, 7) is 5.80. The van der Waals surface area contributed by atoms with Crippen LogP contribution in [0.5, 0.6) is 0 Å². The Labute approximate surface area is 127 Å². The van der Waals surface area contributed by atoms with Gasteiger partial charge >= 0.3 is 6.18 Å². The van der Waals surface area contributed by atoms with E-state index in [9.17, 15) is 18.0 Å². The molecule has 0 saturated heterocycles. The lowest BCUT2D eigenvalue weighted by Gasteiger charge is -2.31. The lowest BCUT2D eigenvalue weighted by Crippen LogP contribution is -2.39. The van der Waals surface area contributed by atoms with Crippen molar-refractivity contribution >= 4 is 22.8 Å². The van der Waals surface area contributed by atoms with Crippen molar-refractivity contribution in [2.45, 2.75) is 63.4 Å². The van der Waals surface area contributed by atoms with Crippen LogP contribution in [-0.2, 0) is 4.79 Å². The van der Waals surface area contributed by atoms with Crippen LogP contribution >= 0.6 is 11.8 Å². The first-order valence-corrected chi connectivity index (χ1v) is 8.10. The molecule has 120 valence electrons. The van der Waals surface area contributed by atoms with Crippen molar-refractivity contribution in [1.29, 1.82) is 0 Å². The first kappa shape index (κ1) is 16.6. The maximum atomic E-state index is 12.6. The van der Waals surface area contributed by atoms with Crippen molar-refractivity contribution in [2.24, 2.45) is 16.8 Å². The summed E-state index contributed by atoms with van der Waals surface area (Å²) < 4.78 is 37.3. The van der Waals surface area contributed by atoms with E-state index < -0.39 is 16.8 Å². The summed E-state index contributed by atoms with van der Waals surface area (Å²) in [6.07, 6.45) is -2.85. The highest BCUT2D eigenvalue weighted by Crippen LogP contribution is 2.41. The molecule has 1 heterocycles. The maximum Gasteiger partial charge on any atom is 0.391 e. The summed E-state index contributed by atoms with van der Waals surface area (Å²) in [6, 6.07) is -0.0165. The molecule has 1 aliphatic heterocycles. The summed E-state index contributed by atoms with van der Waals surface area (Å²) in [4.78, 5) is 16.0. The molecular weight excluding hydrogens is 301 g/mol. The molecule has 0 spiro atoms. The van der Waals surface area contributed by atoms with Crippen LogP contribution in [0.2, 0.25) is 0 Å². The number of amides is 1. The fourth-order valence-electron chi connectivity index (χ4n) is 2.64. The molecule has 0 unspecified atom stereocenters. The van der Waals surface area contributed by atoms with Gasteiger partial charge in [-0.15, -0.1) is 0 Å². The van der Waals surface area contributed by atoms with E-state index in [-0.39, 0.29) is 30.7 Å². The molecule has 0 aromatic heterocycles. The Morgan fingerprint density at radius 2 is 1.86 bits per heavy atom. The summed E-state index contributed by atoms with van der Waals surface area (Å²) in [5, 5.41) is 3.72. The highest BCUT2D eigenvalue weighted by atomic mass is 32.2. The fraction of sp³-hybridized carbons (Fsp3) is 0.857. The van der Waals surface area contributed by atoms with E-state index in [4.69, 9.17) is 0 Å². The van der Waals surface area contributed by atoms with Gasteiger partial charge in [0.05, 0.1) is 5.92 Å². The van der Waals surface area contributed by atoms with Crippen LogP contribution in [0.25, 0.3) is 0 Å². The molecule has 2 rings (SSSR count). The van der Waals surface area contributed by atoms with Crippen molar-refractivity contribution in [1.82, 2.24) is 5.32 Å². The molecule has 3 nitrogen and oxygen atoms in total. The first-order valence-electron chi connectivity index (χ1n) is 7.28. The molecule has 0 bridgehead atoms. The predicted molar refractivity (Wildman–Crippen MR) is 78.2 cm³/mol. The summed E-state index contributed by atoms with van der Waals surface area (Å²) in [5.41, 5.74) is 0. The largest absolute Gasteiger partial charge is 0.391 e. The molecule has 0 aromatic rings. The Morgan fingerprint density at radius 3 is 2.29 bits per heavy atom. The van der Waals surface area contributed by atoms with Gasteiger partial charge < -0.3 is 5.32 Å². The van der Waals surface area contributed by atoms with Crippen LogP contribution in [0.1, 0.15) is 46.5 Å². The Kier molecular flexibility index (Phi) is 4.61. The lowest BCUT2D eigenvalue weighted by molar-refractivity contribution is -0.182. The summed E-state index contributed by atoms with van der Waals surface area (Å²) in [7, 11) is 0. The molecule has 0 radical (unpaired) electrons. The normalized spacial score (nSPS) is 34.2. The number of thioether (sulfide) groups is 1. The molecule has 21 heavy (non-hydrogen) atoms. The zero-order chi connectivity index (χ0) is 15.8. The number of carbonyl (C=O) groups is 1. The molecule has 1 amide bonds. The minimum atomic E-state index is -4.09. The number of nitrogens with one attached hydrogen (secondary N) is 1. The number of hydrogen-bond donors (Lipinski definition) is 1. The van der Waals surface area contributed by atoms with Crippen molar-refractivity contribution in [3.8, 4) is 0 Å². The van der Waals surface area contributed by atoms with Gasteiger partial charge in [0.1, 0.15) is 4.75 Å². The van der Waals surface area contributed by atoms with Gasteiger partial charge in [0.2, 0.25) is 0 Å². The number of carbonyl (C=O) groups excluding carboxylic acids is 1. The predicted octanol–water partition coefficient (Wildman–Crippen LogP) is 3.74. The Morgan fingerprint density at radius 1 is 1.29 bits per heavy atom. The van der Waals surface area contributed by atoms with Gasteiger partial charge in [-0.25, -0.2) is 0 Å². The molecule has 2 aliphatic rings. The molecule has 7 heteroatoms. The number of aliphatic imine (C=N–C) groups is 1. The molecule has 1 fully saturated rings. The Bertz CT molecular complexity index is 442. The molecular formula is C14H21F3N2OS. The average molecular weight is 322 g/mol. The second kappa shape index (κ2) is 5.82. The van der Waals surface area contributed by atoms with Crippen LogP contribution in [0.4, 0.5) is 13.2 Å². The monoisotopic (exact) mass is 322 g/mol. The highest BCUT2D eigenvalue weighted by Gasteiger charge is 2.45. The summed E-state index contributed by atoms with van der Waals surface area (Å²) in [5.74, 6) is -1.19. The zero-order valence-corrected chi connectivity index (χ0v) is 13.3. The number of rotatable bonds is 2. The van der Waals surface area contributed by atoms with Crippen LogP contribution < -0.4 is 5.32 Å². The first-order chi connectivity index (χ1) is 9.63. The molecule has 1 atom stereocenters. The van der Waals surface area contributed by atoms with Gasteiger partial charge in [0.25, 0.3) is 5.91 Å². The van der Waals surface area contributed by atoms with Crippen molar-refractivity contribution < 1.29 is 18.0 Å². The summed E-state index contributed by atoms with van der Waals surface area (Å²) >= 11 is 1.40. The van der Waals surface area contributed by atoms with Gasteiger partial charge in [0.15, 0.2) is 5.17 Å². The average Bonchev–Trinajstić information content (AvgIpc) is 2.65. The lowest BCUT2D eigenvalue weighted by atomic mass is 9.86. The third kappa shape index (κ3) is 3.55. The van der Waals surface area contributed by atoms with Gasteiger partial charge in [0, 0.05) is 6.04 Å². The molecule has 1 saturated carbocycles. The minimum Gasteiger partial charge on any atom is -0.362 e. The quantitative estimate of drug-likeness (QED) is 0.842. The van der Waals surface area contributed by atoms with Crippen molar-refractivity contribution in [3.63, 3.8) is 0 Å². The number of halogens is 3. The zero-order valence-electron chi connectivity index (χ0n) is 12.5. The number of alkyl halides is 3. The maximum absolute atomic E-state index is 12.6. The number of nitrogens with zero attached hydrogens (tertiary/aromatic N) is 1. The van der Waals surface area contributed by atoms with E-state index in [1.165, 1.54) is 11.8 Å². The van der Waals surface area contributed by atoms with Gasteiger partial charge in [-0.3, -0.25) is 4.79 Å². The second-order valence-corrected chi connectivity index (χ2v) is 7.76. The molecule has 1 N–H and O–H groups in total. The van der Waals surface area contributed by atoms with E-state index in [0.29, 0.717) is 18.0 Å². The van der Waals surface area contributed by atoms with Crippen LogP contribution in [0, 0.1) is 11.8 Å². The van der Waals surface area contributed by atoms with Gasteiger partial charge in [-0.2, -0.15) is 18.2 Å². The third-order valence-electron chi connectivity index (χ3n) is 4.56. The second-order valence-electron chi connectivity index (χ2n) is 6.32. The topological polar surface area (TPSA) is 41.5 Å². The standard InChI is InChI=1S/C14H21F3N2OS/c1-8(2)13(3)11(20)19-12(21-13)18-10-6-4-9(5-7-10)14(15,16)17/h8-10H,4-7H2,1-3H3,(H,18,19,20)/t9?,10?,13-/m1/s1. The minimum absolute atomic E-state index is 0.0165. The number of hydrogen-bond acceptors (Lipinski definition) is 3. The fourth-order valence-corrected chi connectivity index (χ4v) is 3.76. The van der Waals surface area contributed by atoms with Crippen molar-refractivity contribution in [3.05, 3.63) is 0 Å². The van der Waals surface area contributed by atoms with Gasteiger partial charge in [-0.05, 0) is 38.5 Å². The highest BCUT2D eigenvalue weighted by molar-refractivity contribution is 8.16. The SMILES string of the molecule is CC(C)[C@@]1(C)SC(NC2CCC(C(F)(F)F)CC2)=NC1=O. The molecule has 1 aliphatic carbocycles. The molecule has 0 aromatic carbocycles. The van der Waals surface area contributed by atoms with E-state index >= 15 is 0 Å². The number of amidine groups is 1. The van der Waals surface area contributed by atoms with Crippen LogP contribution in [0.15, 0.2) is 4.99 Å². The van der Waals surface area contributed by atoms with E-state index in [0.717, 1.165) is 0 Å². The Hall–Kier alpha value is -0.720. The van der Waals surface area contributed by atoms with E-state index in [2.05, 4.69) is 10.3 Å². The van der Waals surface area contributed by atoms with Crippen molar-refractivity contribution in [2.75, 3.05) is 0 Å². The van der Waals surface area contributed by atoms with Crippen LogP contribution in [-0.4, -0.2) is 28.0 Å². The van der Waals surface area contributed by atoms with Gasteiger partial charge in [-0.1, -0.05) is 25.6 Å². The van der Waals surface area contributed by atoms with E-state index in [1.54, 1.807) is 0 Å². The van der Waals surface area contributed by atoms with E-state index in [1.807, 2.05) is 20.8 Å². The third-order valence-corrected chi connectivity index (χ3v) is 6.03. The van der Waals surface area contributed by atoms with Crippen LogP contribution in [0.3, 0.4) is 0 Å². The Balaban J connectivity index is 1.88. The smallest absolute Gasteiger partial charge is 0.362 e.